The van der Waals surface area contributed by atoms with Gasteiger partial charge in [-0.3, -0.25) is 9.59 Å². The number of benzene rings is 1. The van der Waals surface area contributed by atoms with E-state index in [4.69, 9.17) is 0 Å². The van der Waals surface area contributed by atoms with Crippen molar-refractivity contribution in [2.24, 2.45) is 5.92 Å². The first-order chi connectivity index (χ1) is 13.2. The molecule has 1 fully saturated rings. The van der Waals surface area contributed by atoms with Gasteiger partial charge in [0.25, 0.3) is 0 Å². The molecule has 0 aliphatic carbocycles. The summed E-state index contributed by atoms with van der Waals surface area (Å²) in [5, 5.41) is 10.8. The maximum absolute atomic E-state index is 12.6. The minimum absolute atomic E-state index is 0.0591. The average molecular weight is 384 g/mol. The molecule has 9 heteroatoms. The molecule has 0 bridgehead atoms. The fourth-order valence-corrected chi connectivity index (χ4v) is 3.81. The maximum Gasteiger partial charge on any atom is 0.231 e. The third-order valence-electron chi connectivity index (χ3n) is 4.75. The summed E-state index contributed by atoms with van der Waals surface area (Å²) in [6.07, 6.45) is 2.54. The summed E-state index contributed by atoms with van der Waals surface area (Å²) < 4.78 is 0. The number of likely N-dealkylation sites (tertiary alicyclic amines) is 1. The van der Waals surface area contributed by atoms with Crippen molar-refractivity contribution >= 4 is 39.3 Å². The molecule has 140 valence electrons. The zero-order valence-electron chi connectivity index (χ0n) is 14.7. The molecule has 8 nitrogen and oxygen atoms in total. The first-order valence-electron chi connectivity index (χ1n) is 8.97. The molecule has 27 heavy (non-hydrogen) atoms. The SMILES string of the molecule is O=C(Nc1nncs1)C1CCCN(C(=O)CCc2nc3ccccc3[nH]2)C1. The number of amides is 2. The van der Waals surface area contributed by atoms with Gasteiger partial charge in [-0.1, -0.05) is 23.5 Å². The Hall–Kier alpha value is -2.81. The molecule has 1 aliphatic heterocycles. The van der Waals surface area contributed by atoms with Gasteiger partial charge in [-0.05, 0) is 25.0 Å². The Morgan fingerprint density at radius 1 is 1.33 bits per heavy atom. The van der Waals surface area contributed by atoms with Crippen LogP contribution in [-0.2, 0) is 16.0 Å². The number of nitrogens with zero attached hydrogens (tertiary/aromatic N) is 4. The number of rotatable bonds is 5. The van der Waals surface area contributed by atoms with Crippen LogP contribution < -0.4 is 5.32 Å². The number of aromatic nitrogens is 4. The van der Waals surface area contributed by atoms with Crippen LogP contribution in [0, 0.1) is 5.92 Å². The zero-order valence-corrected chi connectivity index (χ0v) is 15.5. The van der Waals surface area contributed by atoms with Crippen LogP contribution in [-0.4, -0.2) is 50.0 Å². The van der Waals surface area contributed by atoms with Crippen molar-refractivity contribution in [2.45, 2.75) is 25.7 Å². The Morgan fingerprint density at radius 3 is 3.04 bits per heavy atom. The number of imidazole rings is 1. The van der Waals surface area contributed by atoms with Gasteiger partial charge < -0.3 is 15.2 Å². The number of aryl methyl sites for hydroxylation is 1. The number of fused-ring (bicyclic) bond motifs is 1. The highest BCUT2D eigenvalue weighted by atomic mass is 32.1. The lowest BCUT2D eigenvalue weighted by Gasteiger charge is -2.31. The van der Waals surface area contributed by atoms with Crippen molar-refractivity contribution in [3.8, 4) is 0 Å². The predicted molar refractivity (Wildman–Crippen MR) is 102 cm³/mol. The lowest BCUT2D eigenvalue weighted by molar-refractivity contribution is -0.134. The molecule has 3 aromatic rings. The summed E-state index contributed by atoms with van der Waals surface area (Å²) in [7, 11) is 0. The molecule has 1 aliphatic rings. The van der Waals surface area contributed by atoms with Gasteiger partial charge in [0.05, 0.1) is 17.0 Å². The van der Waals surface area contributed by atoms with Gasteiger partial charge >= 0.3 is 0 Å². The van der Waals surface area contributed by atoms with Gasteiger partial charge in [-0.15, -0.1) is 10.2 Å². The summed E-state index contributed by atoms with van der Waals surface area (Å²) >= 11 is 1.28. The van der Waals surface area contributed by atoms with Crippen molar-refractivity contribution in [3.63, 3.8) is 0 Å². The van der Waals surface area contributed by atoms with E-state index in [1.807, 2.05) is 24.3 Å². The van der Waals surface area contributed by atoms with E-state index in [2.05, 4.69) is 25.5 Å². The van der Waals surface area contributed by atoms with E-state index in [1.165, 1.54) is 11.3 Å². The summed E-state index contributed by atoms with van der Waals surface area (Å²) in [4.78, 5) is 34.5. The molecule has 1 atom stereocenters. The van der Waals surface area contributed by atoms with Crippen LogP contribution in [0.4, 0.5) is 5.13 Å². The summed E-state index contributed by atoms with van der Waals surface area (Å²) in [5.74, 6) is 0.565. The van der Waals surface area contributed by atoms with Gasteiger partial charge in [0.1, 0.15) is 11.3 Å². The number of nitrogens with one attached hydrogen (secondary N) is 2. The highest BCUT2D eigenvalue weighted by Gasteiger charge is 2.28. The van der Waals surface area contributed by atoms with E-state index in [1.54, 1.807) is 10.4 Å². The van der Waals surface area contributed by atoms with E-state index in [0.29, 0.717) is 31.1 Å². The van der Waals surface area contributed by atoms with Crippen LogP contribution >= 0.6 is 11.3 Å². The summed E-state index contributed by atoms with van der Waals surface area (Å²) in [6, 6.07) is 7.82. The van der Waals surface area contributed by atoms with Gasteiger partial charge in [0.15, 0.2) is 0 Å². The van der Waals surface area contributed by atoms with Crippen LogP contribution in [0.5, 0.6) is 0 Å². The minimum Gasteiger partial charge on any atom is -0.342 e. The molecule has 1 saturated heterocycles. The molecule has 2 aromatic heterocycles. The second-order valence-electron chi connectivity index (χ2n) is 6.61. The van der Waals surface area contributed by atoms with Gasteiger partial charge in [0.2, 0.25) is 16.9 Å². The topological polar surface area (TPSA) is 104 Å². The molecule has 1 aromatic carbocycles. The molecular formula is C18H20N6O2S. The van der Waals surface area contributed by atoms with Crippen LogP contribution in [0.25, 0.3) is 11.0 Å². The maximum atomic E-state index is 12.6. The van der Waals surface area contributed by atoms with Crippen molar-refractivity contribution in [1.82, 2.24) is 25.1 Å². The molecule has 0 spiro atoms. The van der Waals surface area contributed by atoms with E-state index < -0.39 is 0 Å². The number of piperidine rings is 1. The second-order valence-corrected chi connectivity index (χ2v) is 7.45. The van der Waals surface area contributed by atoms with Gasteiger partial charge in [-0.2, -0.15) is 0 Å². The standard InChI is InChI=1S/C18H20N6O2S/c25-16(8-7-15-20-13-5-1-2-6-14(13)21-15)24-9-3-4-12(10-24)17(26)22-18-23-19-11-27-18/h1-2,5-6,11-12H,3-4,7-10H2,(H,20,21)(H,22,23,26). The molecule has 2 amide bonds. The number of carbonyl (C=O) groups is 2. The van der Waals surface area contributed by atoms with Gasteiger partial charge in [-0.25, -0.2) is 4.98 Å². The Kier molecular flexibility index (Phi) is 5.10. The largest absolute Gasteiger partial charge is 0.342 e. The lowest BCUT2D eigenvalue weighted by Crippen LogP contribution is -2.43. The number of aromatic amines is 1. The molecular weight excluding hydrogens is 364 g/mol. The predicted octanol–water partition coefficient (Wildman–Crippen LogP) is 2.22. The molecule has 0 radical (unpaired) electrons. The number of para-hydroxylation sites is 2. The average Bonchev–Trinajstić information content (AvgIpc) is 3.35. The first-order valence-corrected chi connectivity index (χ1v) is 9.85. The fraction of sp³-hybridized carbons (Fsp3) is 0.389. The van der Waals surface area contributed by atoms with Crippen LogP contribution in [0.15, 0.2) is 29.8 Å². The highest BCUT2D eigenvalue weighted by Crippen LogP contribution is 2.20. The first kappa shape index (κ1) is 17.6. The Balaban J connectivity index is 1.32. The van der Waals surface area contributed by atoms with E-state index in [9.17, 15) is 9.59 Å². The third-order valence-corrected chi connectivity index (χ3v) is 5.36. The normalized spacial score (nSPS) is 17.2. The quantitative estimate of drug-likeness (QED) is 0.702. The smallest absolute Gasteiger partial charge is 0.231 e. The van der Waals surface area contributed by atoms with Crippen molar-refractivity contribution in [2.75, 3.05) is 18.4 Å². The third kappa shape index (κ3) is 4.13. The number of hydrogen-bond acceptors (Lipinski definition) is 6. The molecule has 1 unspecified atom stereocenters. The molecule has 0 saturated carbocycles. The fourth-order valence-electron chi connectivity index (χ4n) is 3.36. The van der Waals surface area contributed by atoms with E-state index >= 15 is 0 Å². The van der Waals surface area contributed by atoms with Crippen LogP contribution in [0.2, 0.25) is 0 Å². The lowest BCUT2D eigenvalue weighted by atomic mass is 9.97. The molecule has 4 rings (SSSR count). The van der Waals surface area contributed by atoms with Gasteiger partial charge in [0, 0.05) is 25.9 Å². The second kappa shape index (κ2) is 7.83. The van der Waals surface area contributed by atoms with Crippen molar-refractivity contribution in [3.05, 3.63) is 35.6 Å². The Morgan fingerprint density at radius 2 is 2.22 bits per heavy atom. The van der Waals surface area contributed by atoms with Crippen molar-refractivity contribution in [1.29, 1.82) is 0 Å². The number of H-pyrrole nitrogens is 1. The Labute approximate surface area is 160 Å². The van der Waals surface area contributed by atoms with E-state index in [0.717, 1.165) is 29.7 Å². The zero-order chi connectivity index (χ0) is 18.6. The van der Waals surface area contributed by atoms with E-state index in [-0.39, 0.29) is 17.7 Å². The Bertz CT molecular complexity index is 905. The molecule has 2 N–H and O–H groups in total. The highest BCUT2D eigenvalue weighted by molar-refractivity contribution is 7.13. The summed E-state index contributed by atoms with van der Waals surface area (Å²) in [5.41, 5.74) is 3.46. The van der Waals surface area contributed by atoms with Crippen molar-refractivity contribution < 1.29 is 9.59 Å². The number of anilines is 1. The number of carbonyl (C=O) groups excluding carboxylic acids is 2. The summed E-state index contributed by atoms with van der Waals surface area (Å²) in [6.45, 7) is 1.14. The molecule has 3 heterocycles. The minimum atomic E-state index is -0.210. The monoisotopic (exact) mass is 384 g/mol. The number of hydrogen-bond donors (Lipinski definition) is 2. The van der Waals surface area contributed by atoms with Crippen LogP contribution in [0.1, 0.15) is 25.1 Å². The van der Waals surface area contributed by atoms with Crippen LogP contribution in [0.3, 0.4) is 0 Å².